The number of hydrogen-bond acceptors (Lipinski definition) is 3. The number of ether oxygens (including phenoxy) is 1. The van der Waals surface area contributed by atoms with E-state index in [1.54, 1.807) is 17.4 Å². The molecular weight excluding hydrogens is 225 g/mol. The predicted molar refractivity (Wildman–Crippen MR) is 63.3 cm³/mol. The molecule has 0 bridgehead atoms. The van der Waals surface area contributed by atoms with Gasteiger partial charge in [-0.1, -0.05) is 12.1 Å². The first kappa shape index (κ1) is 11.1. The molecule has 1 aromatic heterocycles. The van der Waals surface area contributed by atoms with Crippen LogP contribution in [0.2, 0.25) is 0 Å². The van der Waals surface area contributed by atoms with Gasteiger partial charge in [0, 0.05) is 16.5 Å². The summed E-state index contributed by atoms with van der Waals surface area (Å²) in [5, 5.41) is 1.96. The molecule has 0 aliphatic carbocycles. The third kappa shape index (κ3) is 2.08. The van der Waals surface area contributed by atoms with E-state index in [1.807, 2.05) is 17.5 Å². The van der Waals surface area contributed by atoms with Crippen molar-refractivity contribution in [2.45, 2.75) is 6.04 Å². The van der Waals surface area contributed by atoms with E-state index in [4.69, 9.17) is 10.5 Å². The van der Waals surface area contributed by atoms with E-state index in [2.05, 4.69) is 0 Å². The molecule has 2 aromatic rings. The van der Waals surface area contributed by atoms with Gasteiger partial charge in [0.25, 0.3) is 0 Å². The summed E-state index contributed by atoms with van der Waals surface area (Å²) in [5.41, 5.74) is 6.89. The lowest BCUT2D eigenvalue weighted by molar-refractivity contribution is 0.404. The zero-order valence-electron chi connectivity index (χ0n) is 8.81. The number of methoxy groups -OCH3 is 1. The minimum atomic E-state index is -0.320. The van der Waals surface area contributed by atoms with Crippen molar-refractivity contribution in [3.63, 3.8) is 0 Å². The summed E-state index contributed by atoms with van der Waals surface area (Å²) in [6.07, 6.45) is 0. The number of hydrogen-bond donors (Lipinski definition) is 1. The maximum atomic E-state index is 13.0. The highest BCUT2D eigenvalue weighted by Crippen LogP contribution is 2.30. The van der Waals surface area contributed by atoms with Crippen molar-refractivity contribution < 1.29 is 9.13 Å². The lowest BCUT2D eigenvalue weighted by Crippen LogP contribution is -2.11. The Morgan fingerprint density at radius 2 is 2.19 bits per heavy atom. The first-order chi connectivity index (χ1) is 7.72. The normalized spacial score (nSPS) is 12.4. The quantitative estimate of drug-likeness (QED) is 0.890. The summed E-state index contributed by atoms with van der Waals surface area (Å²) in [4.78, 5) is 1.03. The average Bonchev–Trinajstić information content (AvgIpc) is 2.81. The Hall–Kier alpha value is -1.39. The zero-order chi connectivity index (χ0) is 11.5. The fraction of sp³-hybridized carbons (Fsp3) is 0.167. The highest BCUT2D eigenvalue weighted by atomic mass is 32.1. The van der Waals surface area contributed by atoms with Gasteiger partial charge in [-0.05, 0) is 17.5 Å². The maximum absolute atomic E-state index is 13.0. The highest BCUT2D eigenvalue weighted by molar-refractivity contribution is 7.10. The van der Waals surface area contributed by atoms with Crippen LogP contribution in [-0.4, -0.2) is 7.11 Å². The summed E-state index contributed by atoms with van der Waals surface area (Å²) in [6.45, 7) is 0. The molecule has 1 aromatic carbocycles. The van der Waals surface area contributed by atoms with E-state index in [0.717, 1.165) is 10.4 Å². The van der Waals surface area contributed by atoms with Crippen LogP contribution in [0.25, 0.3) is 0 Å². The van der Waals surface area contributed by atoms with Crippen LogP contribution in [0.4, 0.5) is 4.39 Å². The molecule has 0 radical (unpaired) electrons. The van der Waals surface area contributed by atoms with Crippen molar-refractivity contribution in [1.82, 2.24) is 0 Å². The van der Waals surface area contributed by atoms with Crippen LogP contribution in [0, 0.1) is 5.82 Å². The predicted octanol–water partition coefficient (Wildman–Crippen LogP) is 2.94. The second kappa shape index (κ2) is 4.63. The van der Waals surface area contributed by atoms with Crippen molar-refractivity contribution in [2.75, 3.05) is 7.11 Å². The smallest absolute Gasteiger partial charge is 0.126 e. The Bertz CT molecular complexity index is 470. The number of rotatable bonds is 3. The van der Waals surface area contributed by atoms with Gasteiger partial charge in [-0.3, -0.25) is 0 Å². The highest BCUT2D eigenvalue weighted by Gasteiger charge is 2.15. The molecule has 1 atom stereocenters. The SMILES string of the molecule is COc1cc(F)ccc1[C@H](N)c1cccs1. The third-order valence-electron chi connectivity index (χ3n) is 2.38. The number of benzene rings is 1. The second-order valence-corrected chi connectivity index (χ2v) is 4.36. The van der Waals surface area contributed by atoms with Gasteiger partial charge in [-0.15, -0.1) is 11.3 Å². The summed E-state index contributed by atoms with van der Waals surface area (Å²) in [7, 11) is 1.51. The Labute approximate surface area is 97.5 Å². The van der Waals surface area contributed by atoms with Gasteiger partial charge in [0.2, 0.25) is 0 Å². The standard InChI is InChI=1S/C12H12FNOS/c1-15-10-7-8(13)4-5-9(10)12(14)11-3-2-6-16-11/h2-7,12H,14H2,1H3/t12-/m0/s1. The van der Waals surface area contributed by atoms with Crippen molar-refractivity contribution in [1.29, 1.82) is 0 Å². The largest absolute Gasteiger partial charge is 0.496 e. The van der Waals surface area contributed by atoms with Crippen LogP contribution in [0.3, 0.4) is 0 Å². The first-order valence-electron chi connectivity index (χ1n) is 4.85. The molecule has 84 valence electrons. The molecular formula is C12H12FNOS. The Balaban J connectivity index is 2.40. The summed E-state index contributed by atoms with van der Waals surface area (Å²) >= 11 is 1.57. The summed E-state index contributed by atoms with van der Waals surface area (Å²) in [6, 6.07) is 8.04. The molecule has 0 saturated heterocycles. The zero-order valence-corrected chi connectivity index (χ0v) is 9.63. The van der Waals surface area contributed by atoms with Crippen molar-refractivity contribution in [2.24, 2.45) is 5.73 Å². The lowest BCUT2D eigenvalue weighted by Gasteiger charge is -2.14. The minimum Gasteiger partial charge on any atom is -0.496 e. The number of nitrogens with two attached hydrogens (primary N) is 1. The first-order valence-corrected chi connectivity index (χ1v) is 5.72. The van der Waals surface area contributed by atoms with Gasteiger partial charge >= 0.3 is 0 Å². The Morgan fingerprint density at radius 3 is 2.81 bits per heavy atom. The van der Waals surface area contributed by atoms with E-state index >= 15 is 0 Å². The monoisotopic (exact) mass is 237 g/mol. The molecule has 4 heteroatoms. The number of halogens is 1. The van der Waals surface area contributed by atoms with Gasteiger partial charge < -0.3 is 10.5 Å². The van der Waals surface area contributed by atoms with Crippen LogP contribution in [0.1, 0.15) is 16.5 Å². The Morgan fingerprint density at radius 1 is 1.38 bits per heavy atom. The van der Waals surface area contributed by atoms with Crippen LogP contribution < -0.4 is 10.5 Å². The molecule has 0 spiro atoms. The maximum Gasteiger partial charge on any atom is 0.126 e. The fourth-order valence-corrected chi connectivity index (χ4v) is 2.31. The molecule has 0 fully saturated rings. The minimum absolute atomic E-state index is 0.268. The van der Waals surface area contributed by atoms with Gasteiger partial charge in [0.05, 0.1) is 13.2 Å². The lowest BCUT2D eigenvalue weighted by atomic mass is 10.1. The molecule has 0 unspecified atom stereocenters. The molecule has 2 nitrogen and oxygen atoms in total. The van der Waals surface area contributed by atoms with Crippen LogP contribution in [-0.2, 0) is 0 Å². The number of thiophene rings is 1. The summed E-state index contributed by atoms with van der Waals surface area (Å²) < 4.78 is 18.2. The second-order valence-electron chi connectivity index (χ2n) is 3.38. The van der Waals surface area contributed by atoms with Crippen molar-refractivity contribution in [3.8, 4) is 5.75 Å². The molecule has 2 rings (SSSR count). The van der Waals surface area contributed by atoms with Gasteiger partial charge in [0.1, 0.15) is 11.6 Å². The van der Waals surface area contributed by atoms with Crippen LogP contribution >= 0.6 is 11.3 Å². The van der Waals surface area contributed by atoms with E-state index in [0.29, 0.717) is 5.75 Å². The van der Waals surface area contributed by atoms with Gasteiger partial charge in [0.15, 0.2) is 0 Å². The van der Waals surface area contributed by atoms with Crippen LogP contribution in [0.5, 0.6) is 5.75 Å². The molecule has 1 heterocycles. The average molecular weight is 237 g/mol. The third-order valence-corrected chi connectivity index (χ3v) is 3.34. The van der Waals surface area contributed by atoms with E-state index in [-0.39, 0.29) is 11.9 Å². The van der Waals surface area contributed by atoms with Crippen molar-refractivity contribution >= 4 is 11.3 Å². The summed E-state index contributed by atoms with van der Waals surface area (Å²) in [5.74, 6) is 0.167. The van der Waals surface area contributed by atoms with Gasteiger partial charge in [-0.2, -0.15) is 0 Å². The van der Waals surface area contributed by atoms with E-state index < -0.39 is 0 Å². The molecule has 0 aliphatic heterocycles. The molecule has 2 N–H and O–H groups in total. The molecule has 16 heavy (non-hydrogen) atoms. The molecule has 0 saturated carbocycles. The van der Waals surface area contributed by atoms with E-state index in [1.165, 1.54) is 19.2 Å². The Kier molecular flexibility index (Phi) is 3.22. The molecule has 0 amide bonds. The van der Waals surface area contributed by atoms with Crippen LogP contribution in [0.15, 0.2) is 35.7 Å². The topological polar surface area (TPSA) is 35.2 Å². The molecule has 0 aliphatic rings. The van der Waals surface area contributed by atoms with E-state index in [9.17, 15) is 4.39 Å². The van der Waals surface area contributed by atoms with Gasteiger partial charge in [-0.25, -0.2) is 4.39 Å². The van der Waals surface area contributed by atoms with Crippen molar-refractivity contribution in [3.05, 3.63) is 52.0 Å². The fourth-order valence-electron chi connectivity index (χ4n) is 1.56.